The lowest BCUT2D eigenvalue weighted by atomic mass is 9.81. The van der Waals surface area contributed by atoms with Crippen molar-refractivity contribution in [2.45, 2.75) is 179 Å². The van der Waals surface area contributed by atoms with E-state index in [4.69, 9.17) is 28.4 Å². The van der Waals surface area contributed by atoms with Crippen LogP contribution in [-0.4, -0.2) is 139 Å². The second-order valence-electron chi connectivity index (χ2n) is 18.9. The van der Waals surface area contributed by atoms with E-state index in [0.29, 0.717) is 69.8 Å². The van der Waals surface area contributed by atoms with E-state index >= 15 is 0 Å². The molecule has 15 nitrogen and oxygen atoms in total. The number of aliphatic hydroxyl groups excluding tert-OH is 2. The van der Waals surface area contributed by atoms with Crippen molar-refractivity contribution >= 4 is 29.4 Å². The van der Waals surface area contributed by atoms with Crippen LogP contribution in [0.25, 0.3) is 0 Å². The fourth-order valence-corrected chi connectivity index (χ4v) is 10.1. The Balaban J connectivity index is 1.77. The maximum absolute atomic E-state index is 14.4. The molecule has 0 aromatic heterocycles. The third-order valence-electron chi connectivity index (χ3n) is 14.0. The van der Waals surface area contributed by atoms with Gasteiger partial charge in [0.05, 0.1) is 37.6 Å². The third kappa shape index (κ3) is 13.9. The molecule has 3 aliphatic heterocycles. The van der Waals surface area contributed by atoms with Crippen molar-refractivity contribution in [1.82, 2.24) is 4.90 Å². The molecule has 0 aromatic carbocycles. The number of rotatable bonds is 11. The average molecular weight is 904 g/mol. The van der Waals surface area contributed by atoms with E-state index < -0.39 is 83.9 Å². The van der Waals surface area contributed by atoms with Crippen molar-refractivity contribution in [3.63, 3.8) is 0 Å². The topological polar surface area (TPSA) is 205 Å². The molecule has 64 heavy (non-hydrogen) atoms. The number of ketones is 2. The number of allylic oxidation sites excluding steroid dienone is 5. The predicted octanol–water partition coefficient (Wildman–Crippen LogP) is 5.35. The van der Waals surface area contributed by atoms with Gasteiger partial charge in [-0.25, -0.2) is 4.79 Å². The minimum Gasteiger partial charge on any atom is -0.469 e. The highest BCUT2D eigenvalue weighted by atomic mass is 16.7. The number of Topliss-reactive ketones (excluding diaryl/α,β-unsaturated/α-hetero) is 2. The van der Waals surface area contributed by atoms with Gasteiger partial charge in [0, 0.05) is 58.5 Å². The summed E-state index contributed by atoms with van der Waals surface area (Å²) in [4.78, 5) is 70.2. The number of cyclic esters (lactones) is 1. The smallest absolute Gasteiger partial charge is 0.329 e. The van der Waals surface area contributed by atoms with Gasteiger partial charge in [-0.3, -0.25) is 19.2 Å². The standard InChI is InChI=1S/C49H77NO14/c1-29-22-30(2)24-41(60-7)45-42(61-8)26-32(4)49(58,64-45)46(55)47(56)50-21-15-14-17-36(50)48(57)63-44(31(3)25-34-19-20-37(51)40(27-34)59-6)33(5)38(52)28-39(53)35(23-29)16-12-10-11-13-18-43(54)62-9/h10,12,23,25,30,32-38,40-42,44-45,51-52,58H,11,13-22,24,26-28H2,1-9H3/b12-10+,29-23+,31-25+/t30-,32+,33+,34-,35+,36-,37+,38-,40+,41-,42-,44+,45+,49+/m0/s1. The predicted molar refractivity (Wildman–Crippen MR) is 237 cm³/mol. The fourth-order valence-electron chi connectivity index (χ4n) is 10.1. The zero-order chi connectivity index (χ0) is 47.3. The molecule has 2 saturated heterocycles. The van der Waals surface area contributed by atoms with Crippen LogP contribution in [0.3, 0.4) is 0 Å². The highest BCUT2D eigenvalue weighted by Crippen LogP contribution is 2.39. The molecule has 3 heterocycles. The lowest BCUT2D eigenvalue weighted by molar-refractivity contribution is -0.302. The molecule has 1 aliphatic carbocycles. The van der Waals surface area contributed by atoms with Gasteiger partial charge in [-0.2, -0.15) is 0 Å². The molecule has 0 aromatic rings. The van der Waals surface area contributed by atoms with Crippen molar-refractivity contribution < 1.29 is 67.7 Å². The minimum absolute atomic E-state index is 0.0317. The van der Waals surface area contributed by atoms with Gasteiger partial charge in [0.2, 0.25) is 5.79 Å². The Morgan fingerprint density at radius 2 is 1.58 bits per heavy atom. The van der Waals surface area contributed by atoms with E-state index in [9.17, 15) is 39.3 Å². The lowest BCUT2D eigenvalue weighted by Crippen LogP contribution is -2.64. The number of fused-ring (bicyclic) bond motifs is 3. The van der Waals surface area contributed by atoms with Crippen LogP contribution in [0.15, 0.2) is 35.5 Å². The first-order chi connectivity index (χ1) is 30.4. The van der Waals surface area contributed by atoms with Crippen LogP contribution in [0.5, 0.6) is 0 Å². The Hall–Kier alpha value is -3.31. The minimum atomic E-state index is -2.54. The maximum atomic E-state index is 14.4. The van der Waals surface area contributed by atoms with E-state index in [2.05, 4.69) is 0 Å². The Labute approximate surface area is 380 Å². The molecular weight excluding hydrogens is 827 g/mol. The third-order valence-corrected chi connectivity index (χ3v) is 14.0. The first-order valence-electron chi connectivity index (χ1n) is 23.4. The van der Waals surface area contributed by atoms with Gasteiger partial charge >= 0.3 is 11.9 Å². The molecule has 1 amide bonds. The van der Waals surface area contributed by atoms with Crippen molar-refractivity contribution in [3.8, 4) is 0 Å². The van der Waals surface area contributed by atoms with E-state index in [1.807, 2.05) is 38.2 Å². The molecule has 3 fully saturated rings. The van der Waals surface area contributed by atoms with Crippen molar-refractivity contribution in [2.75, 3.05) is 35.0 Å². The molecule has 2 bridgehead atoms. The number of amides is 1. The second-order valence-corrected chi connectivity index (χ2v) is 18.9. The number of aliphatic hydroxyl groups is 3. The number of ether oxygens (including phenoxy) is 6. The van der Waals surface area contributed by atoms with Gasteiger partial charge in [-0.05, 0) is 108 Å². The first-order valence-corrected chi connectivity index (χ1v) is 23.4. The number of hydrogen-bond donors (Lipinski definition) is 3. The SMILES string of the molecule is COC(=O)CCC/C=C/C[C@@H]1/C=C(\C)C[C@H](C)C[C@H](OC)[C@H]2O[C@@](O)(C(=O)C(=O)N3CCCC[C@H]3C(=O)O[C@H](/C(C)=C/[C@@H]3CC[C@@H](O)[C@H](OC)C3)[C@H](C)[C@@H](O)CC1=O)[C@H](C)C[C@@H]2OC. The second kappa shape index (κ2) is 25.0. The number of esters is 2. The van der Waals surface area contributed by atoms with Crippen LogP contribution in [0, 0.1) is 29.6 Å². The average Bonchev–Trinajstić information content (AvgIpc) is 3.27. The lowest BCUT2D eigenvalue weighted by Gasteiger charge is -2.47. The summed E-state index contributed by atoms with van der Waals surface area (Å²) in [6.07, 6.45) is 8.14. The molecule has 14 atom stereocenters. The summed E-state index contributed by atoms with van der Waals surface area (Å²) < 4.78 is 34.7. The van der Waals surface area contributed by atoms with Gasteiger partial charge < -0.3 is 48.6 Å². The molecule has 1 saturated carbocycles. The van der Waals surface area contributed by atoms with Gasteiger partial charge in [0.25, 0.3) is 11.7 Å². The Morgan fingerprint density at radius 1 is 0.891 bits per heavy atom. The summed E-state index contributed by atoms with van der Waals surface area (Å²) in [5.74, 6) is -8.33. The molecule has 15 heteroatoms. The molecule has 4 aliphatic rings. The Bertz CT molecular complexity index is 1680. The highest BCUT2D eigenvalue weighted by Gasteiger charge is 2.56. The van der Waals surface area contributed by atoms with Crippen molar-refractivity contribution in [3.05, 3.63) is 35.5 Å². The summed E-state index contributed by atoms with van der Waals surface area (Å²) in [5.41, 5.74) is 1.56. The number of unbranched alkanes of at least 4 members (excludes halogenated alkanes) is 1. The number of hydrogen-bond acceptors (Lipinski definition) is 14. The summed E-state index contributed by atoms with van der Waals surface area (Å²) in [7, 11) is 5.95. The van der Waals surface area contributed by atoms with E-state index in [1.54, 1.807) is 27.9 Å². The number of nitrogens with zero attached hydrogens (tertiary/aromatic N) is 1. The zero-order valence-corrected chi connectivity index (χ0v) is 39.7. The van der Waals surface area contributed by atoms with Crippen LogP contribution in [0.1, 0.15) is 125 Å². The molecular formula is C49H77NO14. The zero-order valence-electron chi connectivity index (χ0n) is 39.7. The number of methoxy groups -OCH3 is 4. The van der Waals surface area contributed by atoms with Crippen molar-refractivity contribution in [2.24, 2.45) is 29.6 Å². The largest absolute Gasteiger partial charge is 0.469 e. The maximum Gasteiger partial charge on any atom is 0.329 e. The summed E-state index contributed by atoms with van der Waals surface area (Å²) in [5, 5.41) is 34.5. The summed E-state index contributed by atoms with van der Waals surface area (Å²) in [6, 6.07) is -1.17. The number of carbonyl (C=O) groups excluding carboxylic acids is 5. The monoisotopic (exact) mass is 904 g/mol. The Morgan fingerprint density at radius 3 is 2.25 bits per heavy atom. The summed E-state index contributed by atoms with van der Waals surface area (Å²) in [6.45, 7) is 9.21. The molecule has 362 valence electrons. The molecule has 0 radical (unpaired) electrons. The summed E-state index contributed by atoms with van der Waals surface area (Å²) >= 11 is 0. The molecule has 0 unspecified atom stereocenters. The number of piperidine rings is 1. The van der Waals surface area contributed by atoms with Crippen LogP contribution in [-0.2, 0) is 52.4 Å². The van der Waals surface area contributed by atoms with Crippen LogP contribution >= 0.6 is 0 Å². The molecule has 3 N–H and O–H groups in total. The highest BCUT2D eigenvalue weighted by molar-refractivity contribution is 6.39. The van der Waals surface area contributed by atoms with Gasteiger partial charge in [-0.15, -0.1) is 0 Å². The van der Waals surface area contributed by atoms with Gasteiger partial charge in [0.1, 0.15) is 24.0 Å². The van der Waals surface area contributed by atoms with Crippen LogP contribution in [0.2, 0.25) is 0 Å². The van der Waals surface area contributed by atoms with E-state index in [0.717, 1.165) is 5.57 Å². The van der Waals surface area contributed by atoms with E-state index in [1.165, 1.54) is 26.2 Å². The fraction of sp³-hybridized carbons (Fsp3) is 0.776. The molecule has 4 rings (SSSR count). The number of carbonyl (C=O) groups is 5. The normalized spacial score (nSPS) is 37.9. The Kier molecular flexibility index (Phi) is 20.8. The van der Waals surface area contributed by atoms with Gasteiger partial charge in [-0.1, -0.05) is 50.6 Å². The quantitative estimate of drug-likeness (QED) is 0.104. The van der Waals surface area contributed by atoms with Gasteiger partial charge in [0.15, 0.2) is 0 Å². The van der Waals surface area contributed by atoms with Crippen molar-refractivity contribution in [1.29, 1.82) is 0 Å². The van der Waals surface area contributed by atoms with Crippen LogP contribution < -0.4 is 0 Å². The molecule has 0 spiro atoms. The first kappa shape index (κ1) is 53.3. The van der Waals surface area contributed by atoms with E-state index in [-0.39, 0.29) is 61.9 Å². The van der Waals surface area contributed by atoms with Crippen LogP contribution in [0.4, 0.5) is 0 Å².